The summed E-state index contributed by atoms with van der Waals surface area (Å²) in [7, 11) is 0. The van der Waals surface area contributed by atoms with Gasteiger partial charge in [0.15, 0.2) is 11.9 Å². The molecular weight excluding hydrogens is 1890 g/mol. The zero-order valence-corrected chi connectivity index (χ0v) is 80.4. The minimum absolute atomic E-state index is 0.00139. The van der Waals surface area contributed by atoms with Gasteiger partial charge in [0, 0.05) is 45.2 Å². The standard InChI is InChI=1S/C88H140N26O29/c1-7-44(4)69(113-78(135)56(29-32-65(120)121)106-86(143)70(46(6)115)114-77(134)53(21-12-14-34-90)104-79(136)57(37-43(2)3)108-83(140)61(41-67(124)125)111-76(133)55(27-30-63(92)117)102-73(130)50(91)19-15-35-98-87(94)95)85(142)105-54(22-16-36-99-88(96)97)75(132)109-59(39-48-23-25-49(116)26-24-48)81(138)112-62(42-68(126)127)84(141)110-58(38-47-17-9-8-10-18-47)80(137)103-52(20-11-13-33-89)74(131)100-45(5)72(129)107-60(40-66(122)123)82(139)101-51(71(93)128)28-31-64(118)119/h8-10,17-18,23-26,43-46,50-62,69-70,115-116H,7,11-16,19-22,27-42,89-91H2,1-6H3,(H2,92,117)(H2,93,128)(H,100,131)(H,101,139)(H,102,130)(H,103,137)(H,104,136)(H,105,142)(H,106,143)(H,107,129)(H,108,140)(H,109,132)(H,110,141)(H,111,133)(H,112,138)(H,113,135)(H,114,134)(H,118,119)(H,120,121)(H,122,123)(H,124,125)(H,126,127)(H4,94,95,98)(H4,96,97,99)/t44-,45-,46+,50-,51-,52-,53-,54-,55-,56-,57-,58-,59-,60-,61-,62-,69-,70-/m0/s1. The van der Waals surface area contributed by atoms with E-state index in [2.05, 4.69) is 90.4 Å². The number of aromatic hydroxyl groups is 1. The molecule has 0 heterocycles. The number of nitrogens with one attached hydrogen (secondary N) is 19. The van der Waals surface area contributed by atoms with E-state index < -0.39 is 328 Å². The molecule has 0 spiro atoms. The van der Waals surface area contributed by atoms with Gasteiger partial charge < -0.3 is 166 Å². The molecule has 55 heteroatoms. The van der Waals surface area contributed by atoms with Crippen LogP contribution in [0.5, 0.6) is 5.75 Å². The van der Waals surface area contributed by atoms with E-state index in [4.69, 9.17) is 56.1 Å². The van der Waals surface area contributed by atoms with Gasteiger partial charge in [-0.05, 0) is 152 Å². The summed E-state index contributed by atoms with van der Waals surface area (Å²) in [4.78, 5) is 300. The first-order valence-electron chi connectivity index (χ1n) is 46.2. The van der Waals surface area contributed by atoms with Crippen molar-refractivity contribution in [3.63, 3.8) is 0 Å². The van der Waals surface area contributed by atoms with E-state index >= 15 is 9.59 Å². The molecule has 0 saturated carbocycles. The number of carbonyl (C=O) groups excluding carboxylic acids is 17. The van der Waals surface area contributed by atoms with Gasteiger partial charge in [0.05, 0.1) is 31.4 Å². The van der Waals surface area contributed by atoms with Crippen molar-refractivity contribution in [3.8, 4) is 5.75 Å². The maximum Gasteiger partial charge on any atom is 0.305 e. The zero-order chi connectivity index (χ0) is 108. The van der Waals surface area contributed by atoms with E-state index in [0.717, 1.165) is 13.8 Å². The summed E-state index contributed by atoms with van der Waals surface area (Å²) in [6.45, 7) is 8.52. The molecule has 2 aromatic rings. The number of guanidine groups is 2. The summed E-state index contributed by atoms with van der Waals surface area (Å²) in [5, 5.41) is 126. The number of carbonyl (C=O) groups is 22. The number of amides is 17. The van der Waals surface area contributed by atoms with Crippen LogP contribution in [-0.2, 0) is 118 Å². The Labute approximate surface area is 822 Å². The molecule has 2 aromatic carbocycles. The van der Waals surface area contributed by atoms with Crippen LogP contribution in [0.25, 0.3) is 0 Å². The second kappa shape index (κ2) is 65.1. The van der Waals surface area contributed by atoms with E-state index in [0.29, 0.717) is 5.56 Å². The van der Waals surface area contributed by atoms with Crippen molar-refractivity contribution in [1.29, 1.82) is 10.8 Å². The Morgan fingerprint density at radius 1 is 0.336 bits per heavy atom. The van der Waals surface area contributed by atoms with Crippen molar-refractivity contribution in [1.82, 2.24) is 90.4 Å². The van der Waals surface area contributed by atoms with Crippen LogP contribution in [0.15, 0.2) is 54.6 Å². The summed E-state index contributed by atoms with van der Waals surface area (Å²) in [6.07, 6.45) is -10.4. The highest BCUT2D eigenvalue weighted by Crippen LogP contribution is 2.19. The van der Waals surface area contributed by atoms with Crippen molar-refractivity contribution in [3.05, 3.63) is 65.7 Å². The summed E-state index contributed by atoms with van der Waals surface area (Å²) < 4.78 is 0. The Balaban J connectivity index is 2.70. The lowest BCUT2D eigenvalue weighted by atomic mass is 9.96. The maximum absolute atomic E-state index is 15.1. The van der Waals surface area contributed by atoms with E-state index in [-0.39, 0.29) is 114 Å². The fourth-order valence-corrected chi connectivity index (χ4v) is 13.9. The predicted octanol–water partition coefficient (Wildman–Crippen LogP) is -9.04. The second-order valence-electron chi connectivity index (χ2n) is 34.5. The van der Waals surface area contributed by atoms with Gasteiger partial charge in [-0.15, -0.1) is 0 Å². The van der Waals surface area contributed by atoms with Crippen LogP contribution in [0, 0.1) is 22.7 Å². The van der Waals surface area contributed by atoms with Crippen LogP contribution in [0.3, 0.4) is 0 Å². The molecule has 0 aliphatic heterocycles. The molecule has 0 unspecified atom stereocenters. The number of carboxylic acids is 5. The lowest BCUT2D eigenvalue weighted by molar-refractivity contribution is -0.142. The Morgan fingerprint density at radius 2 is 0.657 bits per heavy atom. The van der Waals surface area contributed by atoms with Crippen LogP contribution in [-0.4, -0.2) is 307 Å². The fourth-order valence-electron chi connectivity index (χ4n) is 13.9. The average Bonchev–Trinajstić information content (AvgIpc) is 0.843. The van der Waals surface area contributed by atoms with Crippen molar-refractivity contribution in [2.45, 2.75) is 292 Å². The highest BCUT2D eigenvalue weighted by atomic mass is 16.4. The first-order chi connectivity index (χ1) is 67.2. The molecule has 0 aromatic heterocycles. The van der Waals surface area contributed by atoms with Gasteiger partial charge in [-0.25, -0.2) is 0 Å². The van der Waals surface area contributed by atoms with E-state index in [1.165, 1.54) is 43.3 Å². The number of aliphatic hydroxyl groups excluding tert-OH is 1. The van der Waals surface area contributed by atoms with Gasteiger partial charge in [-0.2, -0.15) is 0 Å². The lowest BCUT2D eigenvalue weighted by Crippen LogP contribution is -2.62. The minimum Gasteiger partial charge on any atom is -0.508 e. The first kappa shape index (κ1) is 124. The van der Waals surface area contributed by atoms with E-state index in [1.807, 2.05) is 0 Å². The number of hydrogen-bond acceptors (Lipinski definition) is 29. The van der Waals surface area contributed by atoms with Gasteiger partial charge in [-0.3, -0.25) is 116 Å². The predicted molar refractivity (Wildman–Crippen MR) is 507 cm³/mol. The van der Waals surface area contributed by atoms with E-state index in [1.54, 1.807) is 39.0 Å². The second-order valence-corrected chi connectivity index (χ2v) is 34.5. The van der Waals surface area contributed by atoms with E-state index in [9.17, 15) is 127 Å². The van der Waals surface area contributed by atoms with Crippen LogP contribution in [0.4, 0.5) is 0 Å². The molecule has 55 nitrogen and oxygen atoms in total. The minimum atomic E-state index is -2.16. The maximum atomic E-state index is 15.1. The van der Waals surface area contributed by atoms with Crippen LogP contribution < -0.4 is 131 Å². The lowest BCUT2D eigenvalue weighted by Gasteiger charge is -2.30. The number of primary amides is 2. The van der Waals surface area contributed by atoms with Crippen molar-refractivity contribution < 1.29 is 141 Å². The van der Waals surface area contributed by atoms with Gasteiger partial charge in [0.1, 0.15) is 96.4 Å². The van der Waals surface area contributed by atoms with Gasteiger partial charge in [0.2, 0.25) is 100 Å². The van der Waals surface area contributed by atoms with Gasteiger partial charge in [0.25, 0.3) is 0 Å². The van der Waals surface area contributed by atoms with Gasteiger partial charge in [-0.1, -0.05) is 76.6 Å². The number of phenolic OH excluding ortho intramolecular Hbond substituents is 1. The summed E-state index contributed by atoms with van der Waals surface area (Å²) in [6, 6.07) is -15.6. The molecule has 0 aliphatic rings. The third kappa shape index (κ3) is 49.6. The number of aliphatic hydroxyl groups is 1. The topological polar surface area (TPSA) is 952 Å². The van der Waals surface area contributed by atoms with Crippen molar-refractivity contribution >= 4 is 142 Å². The monoisotopic (exact) mass is 2030 g/mol. The van der Waals surface area contributed by atoms with Crippen molar-refractivity contribution in [2.75, 3.05) is 26.2 Å². The van der Waals surface area contributed by atoms with Crippen LogP contribution >= 0.6 is 0 Å². The summed E-state index contributed by atoms with van der Waals surface area (Å²) in [5.74, 6) is -30.5. The average molecular weight is 2030 g/mol. The molecule has 143 heavy (non-hydrogen) atoms. The third-order valence-corrected chi connectivity index (χ3v) is 21.9. The molecule has 2 rings (SSSR count). The zero-order valence-electron chi connectivity index (χ0n) is 80.4. The Kier molecular flexibility index (Phi) is 56.4. The number of rotatable bonds is 71. The molecule has 18 atom stereocenters. The SMILES string of the molecule is CC[C@H](C)[C@H](NC(=O)[C@H](CCC(=O)O)NC(=O)[C@@H](NC(=O)[C@H](CCCCN)NC(=O)[C@H](CC(C)C)NC(=O)[C@H](CC(=O)O)NC(=O)[C@H](CCC(N)=O)NC(=O)[C@@H](N)CCCNC(=N)N)[C@@H](C)O)C(=O)N[C@@H](CCCNC(=N)N)C(=O)N[C@@H](Cc1ccc(O)cc1)C(=O)N[C@@H](CC(=O)O)C(=O)N[C@@H](Cc1ccccc1)C(=O)N[C@@H](CCCCN)C(=O)N[C@@H](C)C(=O)N[C@@H](CC(=O)O)C(=O)N[C@@H](CCC(=O)O)C(N)=O. The largest absolute Gasteiger partial charge is 0.508 e. The highest BCUT2D eigenvalue weighted by molar-refractivity contribution is 6.02. The number of benzene rings is 2. The fraction of sp³-hybridized carbons (Fsp3) is 0.591. The molecule has 40 N–H and O–H groups in total. The number of nitrogens with two attached hydrogens (primary N) is 7. The molecule has 0 aliphatic carbocycles. The van der Waals surface area contributed by atoms with Crippen LogP contribution in [0.2, 0.25) is 0 Å². The smallest absolute Gasteiger partial charge is 0.305 e. The number of hydrogen-bond donors (Lipinski definition) is 33. The Hall–Kier alpha value is -15.0. The molecule has 17 amide bonds. The number of carboxylic acid groups (broad SMARTS) is 5. The molecule has 0 fully saturated rings. The van der Waals surface area contributed by atoms with Crippen molar-refractivity contribution in [2.24, 2.45) is 52.0 Å². The highest BCUT2D eigenvalue weighted by Gasteiger charge is 2.42. The quantitative estimate of drug-likeness (QED) is 0.0166. The molecular formula is C88H140N26O29. The third-order valence-electron chi connectivity index (χ3n) is 21.9. The summed E-state index contributed by atoms with van der Waals surface area (Å²) in [5.41, 5.74) is 39.6. The number of aliphatic carboxylic acids is 5. The normalized spacial score (nSPS) is 14.8. The Bertz CT molecular complexity index is 4690. The first-order valence-corrected chi connectivity index (χ1v) is 46.2. The number of phenols is 1. The van der Waals surface area contributed by atoms with Gasteiger partial charge >= 0.3 is 29.8 Å². The molecule has 796 valence electrons. The Morgan fingerprint density at radius 3 is 1.06 bits per heavy atom. The number of unbranched alkanes of at least 4 members (excludes halogenated alkanes) is 2. The molecule has 0 radical (unpaired) electrons. The van der Waals surface area contributed by atoms with Crippen LogP contribution in [0.1, 0.15) is 188 Å². The molecule has 0 bridgehead atoms. The summed E-state index contributed by atoms with van der Waals surface area (Å²) >= 11 is 0. The molecule has 0 saturated heterocycles.